The number of anilines is 1. The highest BCUT2D eigenvalue weighted by Crippen LogP contribution is 2.34. The molecule has 0 saturated carbocycles. The highest BCUT2D eigenvalue weighted by Gasteiger charge is 2.27. The maximum atomic E-state index is 12.5. The molecule has 2 amide bonds. The van der Waals surface area contributed by atoms with Crippen LogP contribution >= 0.6 is 22.9 Å². The molecule has 1 aromatic rings. The van der Waals surface area contributed by atoms with Crippen LogP contribution in [0, 0.1) is 6.92 Å². The Morgan fingerprint density at radius 3 is 2.32 bits per heavy atom. The zero-order chi connectivity index (χ0) is 16.9. The van der Waals surface area contributed by atoms with E-state index in [9.17, 15) is 14.4 Å². The van der Waals surface area contributed by atoms with Crippen LogP contribution < -0.4 is 5.32 Å². The number of halogens is 1. The van der Waals surface area contributed by atoms with Gasteiger partial charge in [0.25, 0.3) is 5.91 Å². The first-order valence-corrected chi connectivity index (χ1v) is 8.13. The number of carbonyl (C=O) groups excluding carboxylic acids is 3. The van der Waals surface area contributed by atoms with Crippen molar-refractivity contribution in [2.75, 3.05) is 31.4 Å². The Hall–Kier alpha value is -1.60. The number of rotatable bonds is 6. The Bertz CT molecular complexity index is 582. The van der Waals surface area contributed by atoms with Gasteiger partial charge >= 0.3 is 5.97 Å². The van der Waals surface area contributed by atoms with Crippen molar-refractivity contribution in [2.24, 2.45) is 0 Å². The number of carbonyl (C=O) groups is 3. The molecule has 0 atom stereocenters. The van der Waals surface area contributed by atoms with E-state index in [1.165, 1.54) is 7.11 Å². The number of methoxy groups -OCH3 is 1. The minimum absolute atomic E-state index is 0.177. The Balaban J connectivity index is 3.34. The van der Waals surface area contributed by atoms with Crippen molar-refractivity contribution in [3.63, 3.8) is 0 Å². The quantitative estimate of drug-likeness (QED) is 0.634. The molecular weight excluding hydrogens is 328 g/mol. The molecular formula is C14H19ClN2O4S. The van der Waals surface area contributed by atoms with E-state index in [-0.39, 0.29) is 22.4 Å². The monoisotopic (exact) mass is 346 g/mol. The summed E-state index contributed by atoms with van der Waals surface area (Å²) in [5, 5.41) is 2.83. The molecule has 0 aliphatic rings. The normalized spacial score (nSPS) is 10.2. The Morgan fingerprint density at radius 1 is 1.27 bits per heavy atom. The zero-order valence-electron chi connectivity index (χ0n) is 13.0. The predicted octanol–water partition coefficient (Wildman–Crippen LogP) is 2.50. The van der Waals surface area contributed by atoms with Crippen molar-refractivity contribution in [1.82, 2.24) is 4.90 Å². The van der Waals surface area contributed by atoms with Gasteiger partial charge in [0.05, 0.1) is 17.6 Å². The van der Waals surface area contributed by atoms with Crippen molar-refractivity contribution >= 4 is 45.7 Å². The third-order valence-corrected chi connectivity index (χ3v) is 4.59. The highest BCUT2D eigenvalue weighted by molar-refractivity contribution is 7.18. The lowest BCUT2D eigenvalue weighted by Crippen LogP contribution is -2.30. The second-order valence-corrected chi connectivity index (χ2v) is 5.70. The SMILES string of the molecule is CCN(CC)C(=O)c1sc(NC(=O)CCl)c(C(=O)OC)c1C. The van der Waals surface area contributed by atoms with Crippen LogP contribution in [0.25, 0.3) is 0 Å². The van der Waals surface area contributed by atoms with Crippen LogP contribution in [0.5, 0.6) is 0 Å². The first-order chi connectivity index (χ1) is 10.4. The predicted molar refractivity (Wildman–Crippen MR) is 87.0 cm³/mol. The van der Waals surface area contributed by atoms with Gasteiger partial charge in [-0.15, -0.1) is 22.9 Å². The minimum Gasteiger partial charge on any atom is -0.465 e. The molecule has 0 radical (unpaired) electrons. The Morgan fingerprint density at radius 2 is 1.86 bits per heavy atom. The molecule has 0 aliphatic heterocycles. The van der Waals surface area contributed by atoms with Gasteiger partial charge in [0.1, 0.15) is 10.9 Å². The first kappa shape index (κ1) is 18.4. The average Bonchev–Trinajstić information content (AvgIpc) is 2.83. The summed E-state index contributed by atoms with van der Waals surface area (Å²) in [4.78, 5) is 38.0. The van der Waals surface area contributed by atoms with Crippen LogP contribution in [0.2, 0.25) is 0 Å². The van der Waals surface area contributed by atoms with Gasteiger partial charge in [0.2, 0.25) is 5.91 Å². The van der Waals surface area contributed by atoms with Crippen LogP contribution in [0.1, 0.15) is 39.4 Å². The summed E-state index contributed by atoms with van der Waals surface area (Å²) in [6, 6.07) is 0. The summed E-state index contributed by atoms with van der Waals surface area (Å²) in [7, 11) is 1.25. The van der Waals surface area contributed by atoms with Crippen molar-refractivity contribution in [3.05, 3.63) is 16.0 Å². The number of alkyl halides is 1. The molecule has 1 aromatic heterocycles. The zero-order valence-corrected chi connectivity index (χ0v) is 14.6. The van der Waals surface area contributed by atoms with Crippen molar-refractivity contribution in [1.29, 1.82) is 0 Å². The molecule has 0 aromatic carbocycles. The lowest BCUT2D eigenvalue weighted by Gasteiger charge is -2.17. The molecule has 22 heavy (non-hydrogen) atoms. The standard InChI is InChI=1S/C14H19ClN2O4S/c1-5-17(6-2)13(19)11-8(3)10(14(20)21-4)12(22-11)16-9(18)7-15/h5-7H2,1-4H3,(H,16,18). The highest BCUT2D eigenvalue weighted by atomic mass is 35.5. The fraction of sp³-hybridized carbons (Fsp3) is 0.500. The summed E-state index contributed by atoms with van der Waals surface area (Å²) in [6.45, 7) is 6.53. The van der Waals surface area contributed by atoms with E-state index in [2.05, 4.69) is 5.32 Å². The van der Waals surface area contributed by atoms with Crippen LogP contribution in [0.15, 0.2) is 0 Å². The lowest BCUT2D eigenvalue weighted by atomic mass is 10.1. The van der Waals surface area contributed by atoms with E-state index in [0.29, 0.717) is 23.5 Å². The fourth-order valence-corrected chi connectivity index (χ4v) is 3.21. The van der Waals surface area contributed by atoms with Crippen LogP contribution in [-0.4, -0.2) is 48.8 Å². The van der Waals surface area contributed by atoms with Crippen LogP contribution in [0.4, 0.5) is 5.00 Å². The van der Waals surface area contributed by atoms with Crippen molar-refractivity contribution < 1.29 is 19.1 Å². The molecule has 6 nitrogen and oxygen atoms in total. The van der Waals surface area contributed by atoms with Crippen LogP contribution in [-0.2, 0) is 9.53 Å². The molecule has 0 bridgehead atoms. The summed E-state index contributed by atoms with van der Waals surface area (Å²) in [5.41, 5.74) is 0.695. The Labute approximate surface area is 138 Å². The molecule has 1 N–H and O–H groups in total. The Kier molecular flexibility index (Phi) is 6.83. The molecule has 0 fully saturated rings. The molecule has 0 saturated heterocycles. The molecule has 0 unspecified atom stereocenters. The molecule has 1 rings (SSSR count). The number of ether oxygens (including phenoxy) is 1. The lowest BCUT2D eigenvalue weighted by molar-refractivity contribution is -0.113. The molecule has 8 heteroatoms. The average molecular weight is 347 g/mol. The second-order valence-electron chi connectivity index (χ2n) is 4.41. The number of esters is 1. The van der Waals surface area contributed by atoms with Gasteiger partial charge in [-0.25, -0.2) is 4.79 Å². The number of hydrogen-bond acceptors (Lipinski definition) is 5. The third kappa shape index (κ3) is 3.78. The number of thiophene rings is 1. The number of amides is 2. The van der Waals surface area contributed by atoms with Gasteiger partial charge in [0, 0.05) is 13.1 Å². The van der Waals surface area contributed by atoms with Gasteiger partial charge < -0.3 is 15.0 Å². The third-order valence-electron chi connectivity index (χ3n) is 3.16. The first-order valence-electron chi connectivity index (χ1n) is 6.77. The molecule has 1 heterocycles. The molecule has 0 spiro atoms. The summed E-state index contributed by atoms with van der Waals surface area (Å²) in [5.74, 6) is -1.46. The van der Waals surface area contributed by atoms with Gasteiger partial charge in [0.15, 0.2) is 0 Å². The van der Waals surface area contributed by atoms with Crippen molar-refractivity contribution in [3.8, 4) is 0 Å². The van der Waals surface area contributed by atoms with Gasteiger partial charge in [-0.3, -0.25) is 9.59 Å². The largest absolute Gasteiger partial charge is 0.465 e. The number of nitrogens with one attached hydrogen (secondary N) is 1. The topological polar surface area (TPSA) is 75.7 Å². The maximum Gasteiger partial charge on any atom is 0.341 e. The summed E-state index contributed by atoms with van der Waals surface area (Å²) < 4.78 is 4.74. The smallest absolute Gasteiger partial charge is 0.341 e. The van der Waals surface area contributed by atoms with Crippen LogP contribution in [0.3, 0.4) is 0 Å². The number of nitrogens with zero attached hydrogens (tertiary/aromatic N) is 1. The molecule has 0 aliphatic carbocycles. The minimum atomic E-state index is -0.600. The van der Waals surface area contributed by atoms with E-state index >= 15 is 0 Å². The van der Waals surface area contributed by atoms with Crippen molar-refractivity contribution in [2.45, 2.75) is 20.8 Å². The van der Waals surface area contributed by atoms with Gasteiger partial charge in [-0.2, -0.15) is 0 Å². The van der Waals surface area contributed by atoms with E-state index < -0.39 is 11.9 Å². The van der Waals surface area contributed by atoms with E-state index in [4.69, 9.17) is 16.3 Å². The van der Waals surface area contributed by atoms with Gasteiger partial charge in [-0.1, -0.05) is 0 Å². The second kappa shape index (κ2) is 8.14. The maximum absolute atomic E-state index is 12.5. The van der Waals surface area contributed by atoms with E-state index in [1.54, 1.807) is 11.8 Å². The number of hydrogen-bond donors (Lipinski definition) is 1. The van der Waals surface area contributed by atoms with Gasteiger partial charge in [-0.05, 0) is 26.3 Å². The van der Waals surface area contributed by atoms with E-state index in [1.807, 2.05) is 13.8 Å². The fourth-order valence-electron chi connectivity index (χ4n) is 1.97. The van der Waals surface area contributed by atoms with E-state index in [0.717, 1.165) is 11.3 Å². The summed E-state index contributed by atoms with van der Waals surface area (Å²) in [6.07, 6.45) is 0. The summed E-state index contributed by atoms with van der Waals surface area (Å²) >= 11 is 6.53. The molecule has 122 valence electrons.